The van der Waals surface area contributed by atoms with Crippen molar-refractivity contribution < 1.29 is 4.79 Å². The van der Waals surface area contributed by atoms with Gasteiger partial charge in [-0.05, 0) is 70.4 Å². The molecule has 0 unspecified atom stereocenters. The number of aromatic amines is 1. The van der Waals surface area contributed by atoms with Crippen molar-refractivity contribution in [2.75, 3.05) is 13.1 Å². The fourth-order valence-corrected chi connectivity index (χ4v) is 5.24. The number of fused-ring (bicyclic) bond motifs is 1. The number of amides is 1. The number of carbonyl (C=O) groups excluding carboxylic acids is 1. The molecule has 1 aromatic carbocycles. The minimum atomic E-state index is -0.0787. The van der Waals surface area contributed by atoms with E-state index in [0.29, 0.717) is 13.1 Å². The zero-order valence-corrected chi connectivity index (χ0v) is 20.7. The summed E-state index contributed by atoms with van der Waals surface area (Å²) in [6.45, 7) is 9.63. The van der Waals surface area contributed by atoms with Gasteiger partial charge in [-0.15, -0.1) is 0 Å². The monoisotopic (exact) mass is 472 g/mol. The normalized spacial score (nSPS) is 15.2. The molecule has 4 heterocycles. The number of hydrogen-bond donors (Lipinski definition) is 1. The number of para-hydroxylation sites is 2. The molecule has 4 aromatic rings. The second-order valence-corrected chi connectivity index (χ2v) is 9.60. The van der Waals surface area contributed by atoms with Gasteiger partial charge in [-0.2, -0.15) is 5.10 Å². The van der Waals surface area contributed by atoms with Gasteiger partial charge in [0.25, 0.3) is 0 Å². The van der Waals surface area contributed by atoms with Crippen molar-refractivity contribution in [2.24, 2.45) is 0 Å². The summed E-state index contributed by atoms with van der Waals surface area (Å²) < 4.78 is 6.03. The highest BCUT2D eigenvalue weighted by atomic mass is 16.2. The molecule has 0 saturated carbocycles. The number of piperidine rings is 1. The number of imidazole rings is 1. The Morgan fingerprint density at radius 1 is 1.14 bits per heavy atom. The molecule has 1 fully saturated rings. The first kappa shape index (κ1) is 23.0. The molecule has 0 bridgehead atoms. The highest BCUT2D eigenvalue weighted by Gasteiger charge is 2.25. The second-order valence-electron chi connectivity index (χ2n) is 9.60. The van der Waals surface area contributed by atoms with Crippen molar-refractivity contribution >= 4 is 23.0 Å². The topological polar surface area (TPSA) is 80.8 Å². The molecule has 0 aliphatic carbocycles. The van der Waals surface area contributed by atoms with Crippen molar-refractivity contribution in [3.05, 3.63) is 76.1 Å². The second kappa shape index (κ2) is 9.09. The SMILES string of the molecule is Cc1cc(/C=C/C(=O)N2CCC(n3c(=O)[nH]c4ccccc43)CC2)c(C)n1-c1ccnn1C(C)C. The van der Waals surface area contributed by atoms with Gasteiger partial charge in [-0.3, -0.25) is 9.36 Å². The molecule has 8 nitrogen and oxygen atoms in total. The van der Waals surface area contributed by atoms with Gasteiger partial charge in [0.1, 0.15) is 5.82 Å². The Balaban J connectivity index is 1.29. The van der Waals surface area contributed by atoms with Crippen LogP contribution in [0, 0.1) is 13.8 Å². The number of nitrogens with one attached hydrogen (secondary N) is 1. The van der Waals surface area contributed by atoms with Crippen LogP contribution in [-0.4, -0.2) is 47.8 Å². The maximum Gasteiger partial charge on any atom is 0.326 e. The van der Waals surface area contributed by atoms with Crippen molar-refractivity contribution in [3.8, 4) is 5.82 Å². The number of aryl methyl sites for hydroxylation is 1. The maximum absolute atomic E-state index is 13.0. The molecule has 0 spiro atoms. The zero-order valence-electron chi connectivity index (χ0n) is 20.7. The van der Waals surface area contributed by atoms with Gasteiger partial charge in [0.05, 0.1) is 17.2 Å². The summed E-state index contributed by atoms with van der Waals surface area (Å²) in [5.74, 6) is 1.03. The third-order valence-corrected chi connectivity index (χ3v) is 7.01. The number of aromatic nitrogens is 5. The summed E-state index contributed by atoms with van der Waals surface area (Å²) >= 11 is 0. The van der Waals surface area contributed by atoms with Crippen molar-refractivity contribution in [3.63, 3.8) is 0 Å². The number of nitrogens with zero attached hydrogens (tertiary/aromatic N) is 5. The van der Waals surface area contributed by atoms with E-state index in [2.05, 4.69) is 48.4 Å². The highest BCUT2D eigenvalue weighted by Crippen LogP contribution is 2.26. The lowest BCUT2D eigenvalue weighted by molar-refractivity contribution is -0.127. The fraction of sp³-hybridized carbons (Fsp3) is 0.370. The highest BCUT2D eigenvalue weighted by molar-refractivity contribution is 5.92. The van der Waals surface area contributed by atoms with E-state index < -0.39 is 0 Å². The van der Waals surface area contributed by atoms with Crippen LogP contribution in [0.5, 0.6) is 0 Å². The third kappa shape index (κ3) is 4.13. The van der Waals surface area contributed by atoms with Gasteiger partial charge in [0, 0.05) is 48.7 Å². The van der Waals surface area contributed by atoms with Crippen LogP contribution in [0.4, 0.5) is 0 Å². The minimum Gasteiger partial charge on any atom is -0.339 e. The van der Waals surface area contributed by atoms with Gasteiger partial charge in [-0.1, -0.05) is 12.1 Å². The first-order valence-corrected chi connectivity index (χ1v) is 12.2. The summed E-state index contributed by atoms with van der Waals surface area (Å²) in [6.07, 6.45) is 6.92. The van der Waals surface area contributed by atoms with Gasteiger partial charge < -0.3 is 14.5 Å². The lowest BCUT2D eigenvalue weighted by Crippen LogP contribution is -2.39. The maximum atomic E-state index is 13.0. The third-order valence-electron chi connectivity index (χ3n) is 7.01. The summed E-state index contributed by atoms with van der Waals surface area (Å²) in [4.78, 5) is 30.3. The van der Waals surface area contributed by atoms with Crippen molar-refractivity contribution in [1.29, 1.82) is 0 Å². The minimum absolute atomic E-state index is 0.00625. The Labute approximate surface area is 204 Å². The van der Waals surface area contributed by atoms with Crippen LogP contribution in [-0.2, 0) is 4.79 Å². The number of hydrogen-bond acceptors (Lipinski definition) is 3. The van der Waals surface area contributed by atoms with Crippen LogP contribution in [0.1, 0.15) is 55.7 Å². The molecule has 1 aliphatic rings. The largest absolute Gasteiger partial charge is 0.339 e. The number of likely N-dealkylation sites (tertiary alicyclic amines) is 1. The average molecular weight is 473 g/mol. The molecule has 5 rings (SSSR count). The Morgan fingerprint density at radius 3 is 2.63 bits per heavy atom. The van der Waals surface area contributed by atoms with Crippen LogP contribution in [0.15, 0.2) is 53.5 Å². The van der Waals surface area contributed by atoms with E-state index >= 15 is 0 Å². The Kier molecular flexibility index (Phi) is 5.96. The molecule has 1 amide bonds. The summed E-state index contributed by atoms with van der Waals surface area (Å²) in [6, 6.07) is 12.2. The molecule has 0 atom stereocenters. The number of rotatable bonds is 5. The predicted molar refractivity (Wildman–Crippen MR) is 138 cm³/mol. The number of carbonyl (C=O) groups is 1. The summed E-state index contributed by atoms with van der Waals surface area (Å²) in [5, 5.41) is 4.46. The molecule has 1 N–H and O–H groups in total. The Hall–Kier alpha value is -3.81. The van der Waals surface area contributed by atoms with E-state index in [4.69, 9.17) is 0 Å². The summed E-state index contributed by atoms with van der Waals surface area (Å²) in [5.41, 5.74) is 4.90. The van der Waals surface area contributed by atoms with E-state index in [-0.39, 0.29) is 23.7 Å². The predicted octanol–water partition coefficient (Wildman–Crippen LogP) is 4.39. The van der Waals surface area contributed by atoms with Crippen molar-refractivity contribution in [2.45, 2.75) is 52.6 Å². The smallest absolute Gasteiger partial charge is 0.326 e. The van der Waals surface area contributed by atoms with E-state index in [1.165, 1.54) is 0 Å². The molecule has 1 aliphatic heterocycles. The van der Waals surface area contributed by atoms with E-state index in [0.717, 1.165) is 46.6 Å². The quantitative estimate of drug-likeness (QED) is 0.438. The number of H-pyrrole nitrogens is 1. The van der Waals surface area contributed by atoms with E-state index in [9.17, 15) is 9.59 Å². The van der Waals surface area contributed by atoms with E-state index in [1.807, 2.05) is 56.8 Å². The van der Waals surface area contributed by atoms with Gasteiger partial charge in [-0.25, -0.2) is 9.48 Å². The Morgan fingerprint density at radius 2 is 1.89 bits per heavy atom. The summed E-state index contributed by atoms with van der Waals surface area (Å²) in [7, 11) is 0. The molecular weight excluding hydrogens is 440 g/mol. The number of benzene rings is 1. The van der Waals surface area contributed by atoms with Gasteiger partial charge >= 0.3 is 5.69 Å². The lowest BCUT2D eigenvalue weighted by atomic mass is 10.0. The van der Waals surface area contributed by atoms with E-state index in [1.54, 1.807) is 6.08 Å². The molecule has 0 radical (unpaired) electrons. The molecular formula is C27H32N6O2. The van der Waals surface area contributed by atoms with Crippen LogP contribution < -0.4 is 5.69 Å². The van der Waals surface area contributed by atoms with Gasteiger partial charge in [0.2, 0.25) is 5.91 Å². The zero-order chi connectivity index (χ0) is 24.7. The molecule has 1 saturated heterocycles. The van der Waals surface area contributed by atoms with Crippen LogP contribution in [0.3, 0.4) is 0 Å². The molecule has 8 heteroatoms. The van der Waals surface area contributed by atoms with Crippen LogP contribution >= 0.6 is 0 Å². The standard InChI is InChI=1S/C27H32N6O2/c1-18(2)33-25(11-14-28-33)31-19(3)17-21(20(31)4)9-10-26(34)30-15-12-22(13-16-30)32-24-8-6-5-7-23(24)29-27(32)35/h5-11,14,17-18,22H,12-13,15-16H2,1-4H3,(H,29,35)/b10-9+. The first-order valence-electron chi connectivity index (χ1n) is 12.2. The van der Waals surface area contributed by atoms with Crippen LogP contribution in [0.25, 0.3) is 22.9 Å². The van der Waals surface area contributed by atoms with Crippen LogP contribution in [0.2, 0.25) is 0 Å². The first-order chi connectivity index (χ1) is 16.8. The van der Waals surface area contributed by atoms with Gasteiger partial charge in [0.15, 0.2) is 0 Å². The fourth-order valence-electron chi connectivity index (χ4n) is 5.24. The average Bonchev–Trinajstić information content (AvgIpc) is 3.52. The lowest BCUT2D eigenvalue weighted by Gasteiger charge is -2.32. The van der Waals surface area contributed by atoms with Crippen molar-refractivity contribution in [1.82, 2.24) is 28.8 Å². The molecule has 3 aromatic heterocycles. The molecule has 35 heavy (non-hydrogen) atoms. The molecule has 182 valence electrons. The Bertz CT molecular complexity index is 1460.